The van der Waals surface area contributed by atoms with Gasteiger partial charge in [-0.15, -0.1) is 0 Å². The predicted octanol–water partition coefficient (Wildman–Crippen LogP) is 2.30. The molecule has 2 aromatic rings. The smallest absolute Gasteiger partial charge is 0.243 e. The highest BCUT2D eigenvalue weighted by atomic mass is 35.5. The van der Waals surface area contributed by atoms with Crippen LogP contribution in [0.5, 0.6) is 0 Å². The maximum atomic E-state index is 12.7. The highest BCUT2D eigenvalue weighted by Crippen LogP contribution is 2.17. The Kier molecular flexibility index (Phi) is 6.72. The fraction of sp³-hybridized carbons (Fsp3) is 0.350. The number of nitrogens with zero attached hydrogens (tertiary/aromatic N) is 3. The van der Waals surface area contributed by atoms with E-state index in [0.717, 1.165) is 5.56 Å². The molecule has 0 aromatic heterocycles. The van der Waals surface area contributed by atoms with Crippen LogP contribution in [0.2, 0.25) is 5.02 Å². The minimum atomic E-state index is -3.48. The van der Waals surface area contributed by atoms with Gasteiger partial charge in [-0.1, -0.05) is 41.9 Å². The number of carbonyl (C=O) groups excluding carboxylic acids is 1. The predicted molar refractivity (Wildman–Crippen MR) is 110 cm³/mol. The van der Waals surface area contributed by atoms with Crippen molar-refractivity contribution in [2.24, 2.45) is 0 Å². The Morgan fingerprint density at radius 3 is 2.36 bits per heavy atom. The molecule has 1 aliphatic heterocycles. The van der Waals surface area contributed by atoms with Crippen molar-refractivity contribution in [1.82, 2.24) is 14.1 Å². The molecule has 1 saturated heterocycles. The topological polar surface area (TPSA) is 60.9 Å². The summed E-state index contributed by atoms with van der Waals surface area (Å²) < 4.78 is 26.8. The van der Waals surface area contributed by atoms with Crippen molar-refractivity contribution in [1.29, 1.82) is 0 Å². The summed E-state index contributed by atoms with van der Waals surface area (Å²) in [5.41, 5.74) is 0.974. The van der Waals surface area contributed by atoms with Crippen LogP contribution in [0.3, 0.4) is 0 Å². The average Bonchev–Trinajstić information content (AvgIpc) is 2.69. The van der Waals surface area contributed by atoms with Gasteiger partial charge in [0.05, 0.1) is 11.4 Å². The maximum absolute atomic E-state index is 12.7. The van der Waals surface area contributed by atoms with Crippen LogP contribution in [-0.2, 0) is 21.4 Å². The van der Waals surface area contributed by atoms with Crippen molar-refractivity contribution in [3.8, 4) is 0 Å². The summed E-state index contributed by atoms with van der Waals surface area (Å²) in [6, 6.07) is 15.9. The van der Waals surface area contributed by atoms with E-state index in [0.29, 0.717) is 42.6 Å². The Hall–Kier alpha value is -1.93. The molecule has 6 nitrogen and oxygen atoms in total. The van der Waals surface area contributed by atoms with Crippen molar-refractivity contribution in [3.05, 3.63) is 65.2 Å². The molecule has 8 heteroatoms. The number of carbonyl (C=O) groups is 1. The van der Waals surface area contributed by atoms with Crippen LogP contribution in [-0.4, -0.2) is 68.2 Å². The van der Waals surface area contributed by atoms with Gasteiger partial charge >= 0.3 is 0 Å². The lowest BCUT2D eigenvalue weighted by Gasteiger charge is -2.34. The molecule has 0 N–H and O–H groups in total. The number of hydrogen-bond acceptors (Lipinski definition) is 4. The second-order valence-corrected chi connectivity index (χ2v) is 9.25. The average molecular weight is 422 g/mol. The Labute approximate surface area is 171 Å². The molecule has 0 spiro atoms. The Bertz CT molecular complexity index is 913. The number of hydrogen-bond donors (Lipinski definition) is 0. The molecule has 2 aromatic carbocycles. The molecule has 1 heterocycles. The van der Waals surface area contributed by atoms with E-state index in [-0.39, 0.29) is 12.5 Å². The van der Waals surface area contributed by atoms with Gasteiger partial charge in [0, 0.05) is 44.8 Å². The van der Waals surface area contributed by atoms with Crippen LogP contribution in [0.15, 0.2) is 59.5 Å². The maximum Gasteiger partial charge on any atom is 0.243 e. The molecule has 0 aliphatic carbocycles. The standard InChI is InChI=1S/C20H24ClN3O3S/c1-22(15-17-6-5-7-18(21)14-17)20(25)16-23-10-12-24(13-11-23)28(26,27)19-8-3-2-4-9-19/h2-9,14H,10-13,15-16H2,1H3. The largest absolute Gasteiger partial charge is 0.340 e. The Morgan fingerprint density at radius 2 is 1.71 bits per heavy atom. The van der Waals surface area contributed by atoms with Crippen LogP contribution >= 0.6 is 11.6 Å². The number of sulfonamides is 1. The van der Waals surface area contributed by atoms with Crippen molar-refractivity contribution in [3.63, 3.8) is 0 Å². The molecule has 1 fully saturated rings. The number of amides is 1. The van der Waals surface area contributed by atoms with Gasteiger partial charge < -0.3 is 4.90 Å². The summed E-state index contributed by atoms with van der Waals surface area (Å²) in [6.45, 7) is 2.58. The van der Waals surface area contributed by atoms with Crippen molar-refractivity contribution in [2.75, 3.05) is 39.8 Å². The number of likely N-dealkylation sites (N-methyl/N-ethyl adjacent to an activating group) is 1. The van der Waals surface area contributed by atoms with E-state index < -0.39 is 10.0 Å². The van der Waals surface area contributed by atoms with Gasteiger partial charge in [0.2, 0.25) is 15.9 Å². The van der Waals surface area contributed by atoms with Gasteiger partial charge in [-0.05, 0) is 29.8 Å². The highest BCUT2D eigenvalue weighted by Gasteiger charge is 2.29. The van der Waals surface area contributed by atoms with E-state index in [9.17, 15) is 13.2 Å². The van der Waals surface area contributed by atoms with Crippen LogP contribution < -0.4 is 0 Å². The minimum Gasteiger partial charge on any atom is -0.340 e. The van der Waals surface area contributed by atoms with E-state index >= 15 is 0 Å². The van der Waals surface area contributed by atoms with Crippen molar-refractivity contribution >= 4 is 27.5 Å². The number of benzene rings is 2. The second kappa shape index (κ2) is 9.05. The lowest BCUT2D eigenvalue weighted by molar-refractivity contribution is -0.131. The van der Waals surface area contributed by atoms with Gasteiger partial charge in [0.15, 0.2) is 0 Å². The third-order valence-corrected chi connectivity index (χ3v) is 6.95. The van der Waals surface area contributed by atoms with Crippen LogP contribution in [0.1, 0.15) is 5.56 Å². The molecule has 0 saturated carbocycles. The molecule has 0 atom stereocenters. The summed E-state index contributed by atoms with van der Waals surface area (Å²) >= 11 is 5.99. The summed E-state index contributed by atoms with van der Waals surface area (Å²) in [4.78, 5) is 16.5. The first-order valence-corrected chi connectivity index (χ1v) is 10.9. The zero-order valence-corrected chi connectivity index (χ0v) is 17.4. The van der Waals surface area contributed by atoms with E-state index in [1.807, 2.05) is 23.1 Å². The first-order valence-electron chi connectivity index (χ1n) is 9.12. The molecule has 1 aliphatic rings. The van der Waals surface area contributed by atoms with Crippen LogP contribution in [0.4, 0.5) is 0 Å². The monoisotopic (exact) mass is 421 g/mol. The van der Waals surface area contributed by atoms with E-state index in [4.69, 9.17) is 11.6 Å². The molecule has 0 unspecified atom stereocenters. The van der Waals surface area contributed by atoms with Crippen LogP contribution in [0, 0.1) is 0 Å². The molecular formula is C20H24ClN3O3S. The third kappa shape index (κ3) is 5.11. The Balaban J connectivity index is 1.52. The van der Waals surface area contributed by atoms with Crippen molar-refractivity contribution in [2.45, 2.75) is 11.4 Å². The van der Waals surface area contributed by atoms with Gasteiger partial charge in [-0.3, -0.25) is 9.69 Å². The number of rotatable bonds is 6. The molecule has 3 rings (SSSR count). The number of piperazine rings is 1. The first-order chi connectivity index (χ1) is 13.4. The number of halogens is 1. The molecule has 0 radical (unpaired) electrons. The lowest BCUT2D eigenvalue weighted by Crippen LogP contribution is -2.51. The van der Waals surface area contributed by atoms with Gasteiger partial charge in [-0.25, -0.2) is 8.42 Å². The van der Waals surface area contributed by atoms with E-state index in [1.165, 1.54) is 4.31 Å². The summed E-state index contributed by atoms with van der Waals surface area (Å²) in [5, 5.41) is 0.647. The van der Waals surface area contributed by atoms with Crippen LogP contribution in [0.25, 0.3) is 0 Å². The highest BCUT2D eigenvalue weighted by molar-refractivity contribution is 7.89. The fourth-order valence-corrected chi connectivity index (χ4v) is 4.83. The lowest BCUT2D eigenvalue weighted by atomic mass is 10.2. The molecule has 0 bridgehead atoms. The van der Waals surface area contributed by atoms with Gasteiger partial charge in [0.25, 0.3) is 0 Å². The second-order valence-electron chi connectivity index (χ2n) is 6.87. The van der Waals surface area contributed by atoms with Crippen molar-refractivity contribution < 1.29 is 13.2 Å². The summed E-state index contributed by atoms with van der Waals surface area (Å²) in [5.74, 6) is -0.000609. The SMILES string of the molecule is CN(Cc1cccc(Cl)c1)C(=O)CN1CCN(S(=O)(=O)c2ccccc2)CC1. The molecule has 1 amide bonds. The van der Waals surface area contributed by atoms with E-state index in [1.54, 1.807) is 48.3 Å². The minimum absolute atomic E-state index is 0.000609. The molecule has 28 heavy (non-hydrogen) atoms. The third-order valence-electron chi connectivity index (χ3n) is 4.81. The fourth-order valence-electron chi connectivity index (χ4n) is 3.18. The van der Waals surface area contributed by atoms with Gasteiger partial charge in [-0.2, -0.15) is 4.31 Å². The molecule has 150 valence electrons. The summed E-state index contributed by atoms with van der Waals surface area (Å²) in [7, 11) is -1.71. The normalized spacial score (nSPS) is 16.1. The van der Waals surface area contributed by atoms with Gasteiger partial charge in [0.1, 0.15) is 0 Å². The zero-order chi connectivity index (χ0) is 20.1. The van der Waals surface area contributed by atoms with E-state index in [2.05, 4.69) is 0 Å². The Morgan fingerprint density at radius 1 is 1.04 bits per heavy atom. The quantitative estimate of drug-likeness (QED) is 0.718. The summed E-state index contributed by atoms with van der Waals surface area (Å²) in [6.07, 6.45) is 0. The first kappa shape index (κ1) is 20.8. The molecular weight excluding hydrogens is 398 g/mol. The zero-order valence-electron chi connectivity index (χ0n) is 15.8.